The highest BCUT2D eigenvalue weighted by Gasteiger charge is 2.20. The van der Waals surface area contributed by atoms with Gasteiger partial charge < -0.3 is 0 Å². The van der Waals surface area contributed by atoms with Crippen molar-refractivity contribution < 1.29 is 0 Å². The molecule has 0 N–H and O–H groups in total. The molecule has 55 heavy (non-hydrogen) atoms. The van der Waals surface area contributed by atoms with Gasteiger partial charge in [0.2, 0.25) is 0 Å². The van der Waals surface area contributed by atoms with Crippen LogP contribution in [0.25, 0.3) is 67.4 Å². The number of hydrogen-bond donors (Lipinski definition) is 0. The van der Waals surface area contributed by atoms with Crippen LogP contribution in [0.5, 0.6) is 0 Å². The zero-order chi connectivity index (χ0) is 37.4. The number of benzene rings is 6. The van der Waals surface area contributed by atoms with Crippen molar-refractivity contribution in [3.63, 3.8) is 0 Å². The topological polar surface area (TPSA) is 51.0 Å². The van der Waals surface area contributed by atoms with E-state index >= 15 is 0 Å². The van der Waals surface area contributed by atoms with Gasteiger partial charge in [-0.05, 0) is 53.5 Å². The number of aromatic nitrogens is 3. The molecule has 0 unspecified atom stereocenters. The Kier molecular flexibility index (Phi) is 10.2. The van der Waals surface area contributed by atoms with Crippen molar-refractivity contribution >= 4 is 17.0 Å². The number of allylic oxidation sites excluding steroid dienone is 2. The van der Waals surface area contributed by atoms with Gasteiger partial charge >= 0.3 is 0 Å². The summed E-state index contributed by atoms with van der Waals surface area (Å²) in [5, 5.41) is 0. The van der Waals surface area contributed by atoms with Gasteiger partial charge in [-0.1, -0.05) is 170 Å². The van der Waals surface area contributed by atoms with Crippen LogP contribution < -0.4 is 0 Å². The smallest absolute Gasteiger partial charge is 0.0973 e. The van der Waals surface area contributed by atoms with Crippen molar-refractivity contribution in [3.05, 3.63) is 224 Å². The highest BCUT2D eigenvalue weighted by molar-refractivity contribution is 6.03. The predicted molar refractivity (Wildman–Crippen MR) is 229 cm³/mol. The predicted octanol–water partition coefficient (Wildman–Crippen LogP) is 12.8. The van der Waals surface area contributed by atoms with Crippen molar-refractivity contribution in [2.45, 2.75) is 6.92 Å². The third-order valence-corrected chi connectivity index (χ3v) is 9.49. The molecule has 0 bridgehead atoms. The Balaban J connectivity index is 1.27. The maximum Gasteiger partial charge on any atom is 0.0973 e. The van der Waals surface area contributed by atoms with E-state index in [-0.39, 0.29) is 0 Å². The molecule has 4 nitrogen and oxygen atoms in total. The lowest BCUT2D eigenvalue weighted by Gasteiger charge is -2.16. The van der Waals surface area contributed by atoms with Gasteiger partial charge in [-0.15, -0.1) is 0 Å². The van der Waals surface area contributed by atoms with Gasteiger partial charge in [-0.3, -0.25) is 9.98 Å². The van der Waals surface area contributed by atoms with Crippen molar-refractivity contribution in [1.82, 2.24) is 15.0 Å². The van der Waals surface area contributed by atoms with Crippen LogP contribution >= 0.6 is 0 Å². The second-order valence-corrected chi connectivity index (χ2v) is 13.2. The molecule has 0 aliphatic carbocycles. The largest absolute Gasteiger partial charge is 0.264 e. The lowest BCUT2D eigenvalue weighted by molar-refractivity contribution is 1.21. The minimum atomic E-state index is 0.803. The summed E-state index contributed by atoms with van der Waals surface area (Å²) in [5.41, 5.74) is 14.9. The van der Waals surface area contributed by atoms with Crippen molar-refractivity contribution in [2.24, 2.45) is 4.99 Å². The zero-order valence-corrected chi connectivity index (χ0v) is 30.5. The quantitative estimate of drug-likeness (QED) is 0.105. The van der Waals surface area contributed by atoms with E-state index in [2.05, 4.69) is 128 Å². The molecule has 0 saturated heterocycles. The molecule has 0 saturated carbocycles. The highest BCUT2D eigenvalue weighted by atomic mass is 14.9. The molecule has 4 heteroatoms. The van der Waals surface area contributed by atoms with Crippen LogP contribution in [-0.2, 0) is 0 Å². The Morgan fingerprint density at radius 1 is 0.455 bits per heavy atom. The monoisotopic (exact) mass is 706 g/mol. The molecule has 0 spiro atoms. The highest BCUT2D eigenvalue weighted by Crippen LogP contribution is 2.37. The van der Waals surface area contributed by atoms with E-state index in [1.807, 2.05) is 85.1 Å². The Morgan fingerprint density at radius 3 is 1.44 bits per heavy atom. The molecular weight excluding hydrogens is 669 g/mol. The average Bonchev–Trinajstić information content (AvgIpc) is 3.27. The minimum absolute atomic E-state index is 0.803. The lowest BCUT2D eigenvalue weighted by Crippen LogP contribution is -2.02. The van der Waals surface area contributed by atoms with E-state index < -0.39 is 0 Å². The molecule has 0 fully saturated rings. The van der Waals surface area contributed by atoms with Gasteiger partial charge in [0, 0.05) is 51.5 Å². The van der Waals surface area contributed by atoms with Crippen LogP contribution in [0, 0.1) is 0 Å². The van der Waals surface area contributed by atoms with Crippen molar-refractivity contribution in [1.29, 1.82) is 0 Å². The van der Waals surface area contributed by atoms with E-state index in [1.165, 1.54) is 0 Å². The average molecular weight is 707 g/mol. The van der Waals surface area contributed by atoms with E-state index in [4.69, 9.17) is 15.0 Å². The standard InChI is InChI=1S/C51H38N4/c1-36(38-18-7-3-8-19-38)32-47(44-28-16-27-43(34-44)46-30-17-31-52-35-46)53-37(2)42-26-15-29-45(33-42)51-50(41-24-13-6-14-25-41)54-48(39-20-9-4-10-21-39)49(55-51)40-22-11-5-12-23-40/h3-35H,1H2,2H3/b47-32-,53-37?. The van der Waals surface area contributed by atoms with E-state index in [0.29, 0.717) is 0 Å². The number of hydrogen-bond acceptors (Lipinski definition) is 4. The first kappa shape index (κ1) is 34.8. The molecular formula is C51H38N4. The first-order valence-electron chi connectivity index (χ1n) is 18.3. The van der Waals surface area contributed by atoms with Crippen LogP contribution in [0.2, 0.25) is 0 Å². The number of pyridine rings is 1. The van der Waals surface area contributed by atoms with E-state index in [9.17, 15) is 0 Å². The number of rotatable bonds is 10. The molecule has 8 aromatic rings. The summed E-state index contributed by atoms with van der Waals surface area (Å²) in [4.78, 5) is 20.5. The first-order chi connectivity index (χ1) is 27.1. The van der Waals surface area contributed by atoms with Gasteiger partial charge in [0.15, 0.2) is 0 Å². The Hall–Kier alpha value is -7.30. The van der Waals surface area contributed by atoms with Gasteiger partial charge in [-0.2, -0.15) is 0 Å². The molecule has 262 valence electrons. The second-order valence-electron chi connectivity index (χ2n) is 13.2. The number of aliphatic imine (C=N–C) groups is 1. The molecule has 0 amide bonds. The SMILES string of the molecule is C=C(/C=C(\N=C(C)c1cccc(-c2nc(-c3ccccc3)c(-c3ccccc3)nc2-c2ccccc2)c1)c1cccc(-c2cccnc2)c1)c1ccccc1. The van der Waals surface area contributed by atoms with Crippen LogP contribution in [-0.4, -0.2) is 20.7 Å². The molecule has 0 radical (unpaired) electrons. The normalized spacial score (nSPS) is 11.7. The molecule has 2 aromatic heterocycles. The maximum absolute atomic E-state index is 5.46. The van der Waals surface area contributed by atoms with Gasteiger partial charge in [0.1, 0.15) is 0 Å². The van der Waals surface area contributed by atoms with Crippen LogP contribution in [0.4, 0.5) is 0 Å². The molecule has 2 heterocycles. The molecule has 8 rings (SSSR count). The van der Waals surface area contributed by atoms with Gasteiger partial charge in [-0.25, -0.2) is 9.97 Å². The lowest BCUT2D eigenvalue weighted by atomic mass is 9.97. The fourth-order valence-corrected chi connectivity index (χ4v) is 6.64. The summed E-state index contributed by atoms with van der Waals surface area (Å²) in [7, 11) is 0. The van der Waals surface area contributed by atoms with Crippen LogP contribution in [0.15, 0.2) is 212 Å². The first-order valence-corrected chi connectivity index (χ1v) is 18.3. The molecule has 6 aromatic carbocycles. The molecule has 0 atom stereocenters. The van der Waals surface area contributed by atoms with Crippen molar-refractivity contribution in [3.8, 4) is 56.2 Å². The van der Waals surface area contributed by atoms with E-state index in [1.54, 1.807) is 6.20 Å². The second kappa shape index (κ2) is 16.2. The summed E-state index contributed by atoms with van der Waals surface area (Å²) in [6.45, 7) is 6.49. The molecule has 0 aliphatic heterocycles. The summed E-state index contributed by atoms with van der Waals surface area (Å²) in [6, 6.07) is 62.0. The Labute approximate surface area is 322 Å². The number of nitrogens with zero attached hydrogens (tertiary/aromatic N) is 4. The minimum Gasteiger partial charge on any atom is -0.264 e. The summed E-state index contributed by atoms with van der Waals surface area (Å²) < 4.78 is 0. The molecule has 0 aliphatic rings. The fourth-order valence-electron chi connectivity index (χ4n) is 6.64. The summed E-state index contributed by atoms with van der Waals surface area (Å²) in [5.74, 6) is 0. The van der Waals surface area contributed by atoms with E-state index in [0.717, 1.165) is 89.8 Å². The fraction of sp³-hybridized carbons (Fsp3) is 0.0196. The zero-order valence-electron chi connectivity index (χ0n) is 30.5. The Morgan fingerprint density at radius 2 is 0.891 bits per heavy atom. The van der Waals surface area contributed by atoms with Gasteiger partial charge in [0.25, 0.3) is 0 Å². The van der Waals surface area contributed by atoms with Gasteiger partial charge in [0.05, 0.1) is 28.5 Å². The summed E-state index contributed by atoms with van der Waals surface area (Å²) in [6.07, 6.45) is 5.74. The van der Waals surface area contributed by atoms with Crippen LogP contribution in [0.3, 0.4) is 0 Å². The van der Waals surface area contributed by atoms with Crippen molar-refractivity contribution in [2.75, 3.05) is 0 Å². The van der Waals surface area contributed by atoms with Crippen LogP contribution in [0.1, 0.15) is 23.6 Å². The third kappa shape index (κ3) is 7.90. The third-order valence-electron chi connectivity index (χ3n) is 9.49. The maximum atomic E-state index is 5.46. The summed E-state index contributed by atoms with van der Waals surface area (Å²) >= 11 is 0. The Bertz CT molecular complexity index is 2630.